The summed E-state index contributed by atoms with van der Waals surface area (Å²) in [5.41, 5.74) is 8.16. The molecule has 1 aliphatic rings. The Kier molecular flexibility index (Phi) is 2.53. The van der Waals surface area contributed by atoms with E-state index >= 15 is 0 Å². The highest BCUT2D eigenvalue weighted by Gasteiger charge is 2.25. The molecule has 0 fully saturated rings. The second kappa shape index (κ2) is 5.42. The van der Waals surface area contributed by atoms with E-state index < -0.39 is 6.85 Å². The van der Waals surface area contributed by atoms with Crippen LogP contribution in [0.25, 0.3) is 43.6 Å². The van der Waals surface area contributed by atoms with Crippen LogP contribution in [0.15, 0.2) is 66.9 Å². The normalized spacial score (nSPS) is 14.7. The third-order valence-electron chi connectivity index (χ3n) is 6.37. The van der Waals surface area contributed by atoms with Crippen molar-refractivity contribution in [3.63, 3.8) is 0 Å². The number of hydrogen-bond donors (Lipinski definition) is 0. The van der Waals surface area contributed by atoms with Crippen molar-refractivity contribution in [2.75, 3.05) is 0 Å². The third kappa shape index (κ3) is 1.94. The summed E-state index contributed by atoms with van der Waals surface area (Å²) in [5, 5.41) is 5.71. The number of benzene rings is 4. The van der Waals surface area contributed by atoms with Crippen LogP contribution >= 0.6 is 0 Å². The molecule has 1 heteroatoms. The molecule has 0 atom stereocenters. The van der Waals surface area contributed by atoms with Crippen LogP contribution in [0, 0.1) is 13.8 Å². The lowest BCUT2D eigenvalue weighted by molar-refractivity contribution is -0.644. The summed E-state index contributed by atoms with van der Waals surface area (Å²) in [5.74, 6) is 0. The van der Waals surface area contributed by atoms with Gasteiger partial charge in [-0.2, -0.15) is 0 Å². The number of nitrogens with zero attached hydrogens (tertiary/aromatic N) is 1. The molecule has 6 rings (SSSR count). The zero-order valence-electron chi connectivity index (χ0n) is 19.0. The SMILES string of the molecule is [2H]C([2H])([2H])c1cc2c3ccccc3c3cc4c(c(C)c3c2[n+](C)c1)Cc1ccccc1-4. The summed E-state index contributed by atoms with van der Waals surface area (Å²) in [7, 11) is 1.97. The van der Waals surface area contributed by atoms with Gasteiger partial charge in [-0.3, -0.25) is 0 Å². The van der Waals surface area contributed by atoms with E-state index in [1.165, 1.54) is 44.0 Å². The first-order valence-electron chi connectivity index (χ1n) is 11.2. The molecule has 134 valence electrons. The lowest BCUT2D eigenvalue weighted by Crippen LogP contribution is -2.29. The highest BCUT2D eigenvalue weighted by molar-refractivity contribution is 6.25. The fourth-order valence-corrected chi connectivity index (χ4v) is 5.17. The minimum absolute atomic E-state index is 0.373. The van der Waals surface area contributed by atoms with Crippen molar-refractivity contribution in [2.24, 2.45) is 7.05 Å². The third-order valence-corrected chi connectivity index (χ3v) is 6.37. The van der Waals surface area contributed by atoms with Gasteiger partial charge in [-0.15, -0.1) is 0 Å². The molecule has 0 aliphatic heterocycles. The fraction of sp³-hybridized carbons (Fsp3) is 0.148. The van der Waals surface area contributed by atoms with Crippen molar-refractivity contribution in [3.8, 4) is 11.1 Å². The van der Waals surface area contributed by atoms with Crippen LogP contribution < -0.4 is 4.57 Å². The van der Waals surface area contributed by atoms with E-state index in [0.29, 0.717) is 5.56 Å². The molecule has 0 saturated carbocycles. The standard InChI is InChI=1S/C27H22N/c1-16-12-25-21-11-7-6-10-20(21)24-14-23-19-9-5-4-8-18(19)13-22(23)17(2)26(24)27(25)28(3)15-16/h4-12,14-15H,13H2,1-3H3/q+1/i1D3. The summed E-state index contributed by atoms with van der Waals surface area (Å²) in [6, 6.07) is 21.2. The van der Waals surface area contributed by atoms with Crippen molar-refractivity contribution >= 4 is 32.4 Å². The first-order chi connectivity index (χ1) is 14.8. The van der Waals surface area contributed by atoms with Gasteiger partial charge in [0, 0.05) is 9.68 Å². The van der Waals surface area contributed by atoms with E-state index in [1.54, 1.807) is 6.20 Å². The average molecular weight is 363 g/mol. The summed E-state index contributed by atoms with van der Waals surface area (Å²) >= 11 is 0. The van der Waals surface area contributed by atoms with E-state index in [-0.39, 0.29) is 0 Å². The van der Waals surface area contributed by atoms with Gasteiger partial charge in [0.15, 0.2) is 6.20 Å². The van der Waals surface area contributed by atoms with Crippen LogP contribution in [-0.4, -0.2) is 0 Å². The van der Waals surface area contributed by atoms with Crippen molar-refractivity contribution in [2.45, 2.75) is 20.2 Å². The molecule has 1 nitrogen and oxygen atoms in total. The van der Waals surface area contributed by atoms with Gasteiger partial charge in [-0.25, -0.2) is 4.57 Å². The Labute approximate surface area is 169 Å². The van der Waals surface area contributed by atoms with Crippen LogP contribution in [0.1, 0.15) is 26.4 Å². The Hall–Kier alpha value is -3.19. The number of aromatic nitrogens is 1. The van der Waals surface area contributed by atoms with Crippen LogP contribution in [0.4, 0.5) is 0 Å². The van der Waals surface area contributed by atoms with E-state index in [9.17, 15) is 0 Å². The minimum Gasteiger partial charge on any atom is -0.200 e. The summed E-state index contributed by atoms with van der Waals surface area (Å²) < 4.78 is 25.9. The smallest absolute Gasteiger partial charge is 0.200 e. The van der Waals surface area contributed by atoms with E-state index in [0.717, 1.165) is 22.7 Å². The Morgan fingerprint density at radius 1 is 0.857 bits per heavy atom. The van der Waals surface area contributed by atoms with Gasteiger partial charge in [-0.1, -0.05) is 48.5 Å². The topological polar surface area (TPSA) is 3.88 Å². The predicted octanol–water partition coefficient (Wildman–Crippen LogP) is 6.16. The van der Waals surface area contributed by atoms with Crippen molar-refractivity contribution < 1.29 is 8.68 Å². The molecule has 0 saturated heterocycles. The number of hydrogen-bond acceptors (Lipinski definition) is 0. The second-order valence-electron chi connectivity index (χ2n) is 7.93. The van der Waals surface area contributed by atoms with Gasteiger partial charge in [0.1, 0.15) is 7.05 Å². The van der Waals surface area contributed by atoms with Crippen molar-refractivity contribution in [1.82, 2.24) is 0 Å². The minimum atomic E-state index is -2.14. The Morgan fingerprint density at radius 2 is 1.61 bits per heavy atom. The Bertz CT molecular complexity index is 1560. The molecule has 0 bridgehead atoms. The highest BCUT2D eigenvalue weighted by Crippen LogP contribution is 2.44. The summed E-state index contributed by atoms with van der Waals surface area (Å²) in [6.07, 6.45) is 2.71. The van der Waals surface area contributed by atoms with Crippen molar-refractivity contribution in [1.29, 1.82) is 0 Å². The maximum absolute atomic E-state index is 7.95. The summed E-state index contributed by atoms with van der Waals surface area (Å²) in [6.45, 7) is 0.0789. The number of fused-ring (bicyclic) bond motifs is 9. The molecule has 0 radical (unpaired) electrons. The monoisotopic (exact) mass is 363 g/mol. The number of aryl methyl sites for hydroxylation is 3. The Morgan fingerprint density at radius 3 is 2.43 bits per heavy atom. The van der Waals surface area contributed by atoms with Gasteiger partial charge < -0.3 is 0 Å². The molecule has 0 amide bonds. The molecule has 1 aromatic heterocycles. The lowest BCUT2D eigenvalue weighted by Gasteiger charge is -2.14. The maximum atomic E-state index is 7.95. The molecular formula is C27H22N+. The second-order valence-corrected chi connectivity index (χ2v) is 7.93. The van der Waals surface area contributed by atoms with Gasteiger partial charge in [0.2, 0.25) is 5.52 Å². The van der Waals surface area contributed by atoms with Crippen LogP contribution in [-0.2, 0) is 13.5 Å². The molecule has 5 aromatic rings. The quantitative estimate of drug-likeness (QED) is 0.225. The van der Waals surface area contributed by atoms with Gasteiger partial charge in [-0.05, 0) is 76.3 Å². The van der Waals surface area contributed by atoms with Gasteiger partial charge in [0.25, 0.3) is 0 Å². The Balaban J connectivity index is 1.86. The highest BCUT2D eigenvalue weighted by atomic mass is 14.9. The largest absolute Gasteiger partial charge is 0.221 e. The first-order valence-corrected chi connectivity index (χ1v) is 9.73. The van der Waals surface area contributed by atoms with Gasteiger partial charge in [0.05, 0.1) is 10.8 Å². The molecule has 0 spiro atoms. The van der Waals surface area contributed by atoms with E-state index in [1.807, 2.05) is 23.7 Å². The first kappa shape index (κ1) is 13.1. The van der Waals surface area contributed by atoms with Crippen LogP contribution in [0.3, 0.4) is 0 Å². The zero-order valence-corrected chi connectivity index (χ0v) is 16.0. The number of pyridine rings is 1. The molecule has 1 aliphatic carbocycles. The predicted molar refractivity (Wildman–Crippen MR) is 118 cm³/mol. The summed E-state index contributed by atoms with van der Waals surface area (Å²) in [4.78, 5) is 0. The van der Waals surface area contributed by atoms with Crippen LogP contribution in [0.5, 0.6) is 0 Å². The fourth-order valence-electron chi connectivity index (χ4n) is 5.17. The number of rotatable bonds is 0. The molecule has 28 heavy (non-hydrogen) atoms. The molecule has 1 heterocycles. The van der Waals surface area contributed by atoms with Crippen molar-refractivity contribution in [3.05, 3.63) is 89.1 Å². The van der Waals surface area contributed by atoms with E-state index in [2.05, 4.69) is 55.5 Å². The molecule has 0 unspecified atom stereocenters. The molecule has 0 N–H and O–H groups in total. The molecule has 4 aromatic carbocycles. The zero-order chi connectivity index (χ0) is 21.5. The van der Waals surface area contributed by atoms with Gasteiger partial charge >= 0.3 is 0 Å². The van der Waals surface area contributed by atoms with Crippen LogP contribution in [0.2, 0.25) is 0 Å². The average Bonchev–Trinajstić information content (AvgIpc) is 3.12. The van der Waals surface area contributed by atoms with E-state index in [4.69, 9.17) is 4.11 Å². The lowest BCUT2D eigenvalue weighted by atomic mass is 9.89. The maximum Gasteiger partial charge on any atom is 0.221 e. The molecular weight excluding hydrogens is 338 g/mol.